The Kier molecular flexibility index (Phi) is 9.68. The minimum absolute atomic E-state index is 0.265. The lowest BCUT2D eigenvalue weighted by atomic mass is 10.0. The minimum atomic E-state index is -0.637. The van der Waals surface area contributed by atoms with E-state index < -0.39 is 5.97 Å². The van der Waals surface area contributed by atoms with Gasteiger partial charge in [-0.05, 0) is 13.5 Å². The van der Waals surface area contributed by atoms with Gasteiger partial charge in [0.15, 0.2) is 0 Å². The first-order valence-corrected chi connectivity index (χ1v) is 8.80. The molecule has 1 rings (SSSR count). The van der Waals surface area contributed by atoms with E-state index in [0.717, 1.165) is 39.0 Å². The summed E-state index contributed by atoms with van der Waals surface area (Å²) in [6, 6.07) is -0.265. The highest BCUT2D eigenvalue weighted by Crippen LogP contribution is 2.15. The van der Waals surface area contributed by atoms with E-state index in [1.165, 1.54) is 44.9 Å². The number of rotatable bonds is 11. The molecule has 0 amide bonds. The zero-order valence-electron chi connectivity index (χ0n) is 14.0. The number of carboxylic acids is 1. The Morgan fingerprint density at radius 1 is 0.952 bits per heavy atom. The smallest absolute Gasteiger partial charge is 0.320 e. The number of aliphatic carboxylic acids is 1. The highest BCUT2D eigenvalue weighted by Gasteiger charge is 2.27. The first-order valence-electron chi connectivity index (χ1n) is 8.80. The van der Waals surface area contributed by atoms with E-state index in [9.17, 15) is 9.90 Å². The normalized spacial score (nSPS) is 18.8. The number of hydrogen-bond donors (Lipinski definition) is 1. The lowest BCUT2D eigenvalue weighted by Gasteiger charge is -2.36. The molecule has 1 fully saturated rings. The molecule has 0 radical (unpaired) electrons. The molecule has 0 aromatic rings. The molecule has 0 aromatic heterocycles. The molecule has 0 spiro atoms. The van der Waals surface area contributed by atoms with Crippen LogP contribution in [0.5, 0.6) is 0 Å². The van der Waals surface area contributed by atoms with Crippen molar-refractivity contribution in [3.05, 3.63) is 0 Å². The van der Waals surface area contributed by atoms with Gasteiger partial charge in [-0.2, -0.15) is 0 Å². The molecule has 1 atom stereocenters. The second-order valence-corrected chi connectivity index (χ2v) is 6.46. The van der Waals surface area contributed by atoms with Crippen molar-refractivity contribution >= 4 is 5.97 Å². The van der Waals surface area contributed by atoms with E-state index >= 15 is 0 Å². The van der Waals surface area contributed by atoms with Crippen LogP contribution in [0.1, 0.15) is 64.7 Å². The third kappa shape index (κ3) is 7.82. The average Bonchev–Trinajstić information content (AvgIpc) is 2.47. The zero-order chi connectivity index (χ0) is 15.5. The van der Waals surface area contributed by atoms with Gasteiger partial charge in [0.2, 0.25) is 0 Å². The van der Waals surface area contributed by atoms with E-state index in [4.69, 9.17) is 0 Å². The number of unbranched alkanes of at least 4 members (excludes halogenated alkanes) is 7. The molecule has 0 aliphatic carbocycles. The predicted octanol–water partition coefficient (Wildman–Crippen LogP) is 3.22. The van der Waals surface area contributed by atoms with Gasteiger partial charge in [0, 0.05) is 26.2 Å². The summed E-state index contributed by atoms with van der Waals surface area (Å²) in [5, 5.41) is 9.44. The molecule has 1 heterocycles. The van der Waals surface area contributed by atoms with Crippen LogP contribution in [0.4, 0.5) is 0 Å². The molecule has 1 aliphatic rings. The van der Waals surface area contributed by atoms with E-state index in [2.05, 4.69) is 23.8 Å². The summed E-state index contributed by atoms with van der Waals surface area (Å²) in [4.78, 5) is 15.9. The fourth-order valence-electron chi connectivity index (χ4n) is 3.07. The van der Waals surface area contributed by atoms with Gasteiger partial charge in [0.05, 0.1) is 0 Å². The Hall–Kier alpha value is -0.610. The zero-order valence-corrected chi connectivity index (χ0v) is 14.0. The lowest BCUT2D eigenvalue weighted by Crippen LogP contribution is -2.51. The van der Waals surface area contributed by atoms with E-state index in [0.29, 0.717) is 0 Å². The van der Waals surface area contributed by atoms with Crippen molar-refractivity contribution in [2.45, 2.75) is 70.8 Å². The molecule has 4 nitrogen and oxygen atoms in total. The molecule has 0 bridgehead atoms. The third-order valence-electron chi connectivity index (χ3n) is 4.59. The van der Waals surface area contributed by atoms with Crippen LogP contribution in [0, 0.1) is 0 Å². The van der Waals surface area contributed by atoms with Crippen molar-refractivity contribution in [3.63, 3.8) is 0 Å². The van der Waals surface area contributed by atoms with Gasteiger partial charge in [-0.25, -0.2) is 0 Å². The maximum absolute atomic E-state index is 11.5. The highest BCUT2D eigenvalue weighted by molar-refractivity contribution is 5.73. The lowest BCUT2D eigenvalue weighted by molar-refractivity contribution is -0.144. The third-order valence-corrected chi connectivity index (χ3v) is 4.59. The van der Waals surface area contributed by atoms with Crippen molar-refractivity contribution in [2.75, 3.05) is 33.2 Å². The summed E-state index contributed by atoms with van der Waals surface area (Å²) < 4.78 is 0. The minimum Gasteiger partial charge on any atom is -0.480 e. The fraction of sp³-hybridized carbons (Fsp3) is 0.941. The fourth-order valence-corrected chi connectivity index (χ4v) is 3.07. The van der Waals surface area contributed by atoms with Gasteiger partial charge >= 0.3 is 5.97 Å². The van der Waals surface area contributed by atoms with Crippen LogP contribution >= 0.6 is 0 Å². The largest absolute Gasteiger partial charge is 0.480 e. The summed E-state index contributed by atoms with van der Waals surface area (Å²) in [5.41, 5.74) is 0. The van der Waals surface area contributed by atoms with Crippen LogP contribution in [0.25, 0.3) is 0 Å². The Bertz CT molecular complexity index is 276. The molecule has 1 saturated heterocycles. The van der Waals surface area contributed by atoms with Crippen LogP contribution in [0.3, 0.4) is 0 Å². The van der Waals surface area contributed by atoms with E-state index in [-0.39, 0.29) is 6.04 Å². The van der Waals surface area contributed by atoms with Crippen molar-refractivity contribution in [3.8, 4) is 0 Å². The van der Waals surface area contributed by atoms with Gasteiger partial charge in [-0.3, -0.25) is 9.69 Å². The first-order chi connectivity index (χ1) is 10.1. The molecular weight excluding hydrogens is 264 g/mol. The molecule has 4 heteroatoms. The molecule has 21 heavy (non-hydrogen) atoms. The summed E-state index contributed by atoms with van der Waals surface area (Å²) in [6.45, 7) is 6.00. The van der Waals surface area contributed by atoms with E-state index in [1.807, 2.05) is 0 Å². The van der Waals surface area contributed by atoms with Crippen LogP contribution in [-0.2, 0) is 4.79 Å². The van der Waals surface area contributed by atoms with Crippen molar-refractivity contribution < 1.29 is 9.90 Å². The number of likely N-dealkylation sites (N-methyl/N-ethyl adjacent to an activating group) is 1. The molecule has 1 N–H and O–H groups in total. The second kappa shape index (κ2) is 11.0. The van der Waals surface area contributed by atoms with Crippen LogP contribution in [0.2, 0.25) is 0 Å². The average molecular weight is 298 g/mol. The molecular formula is C17H34N2O2. The maximum atomic E-state index is 11.5. The summed E-state index contributed by atoms with van der Waals surface area (Å²) in [5.74, 6) is -0.637. The summed E-state index contributed by atoms with van der Waals surface area (Å²) >= 11 is 0. The number of carboxylic acid groups (broad SMARTS) is 1. The summed E-state index contributed by atoms with van der Waals surface area (Å²) in [6.07, 6.45) is 11.0. The van der Waals surface area contributed by atoms with Gasteiger partial charge in [-0.1, -0.05) is 58.3 Å². The van der Waals surface area contributed by atoms with Crippen molar-refractivity contribution in [1.82, 2.24) is 9.80 Å². The predicted molar refractivity (Wildman–Crippen MR) is 87.7 cm³/mol. The molecule has 124 valence electrons. The van der Waals surface area contributed by atoms with E-state index in [1.54, 1.807) is 0 Å². The SMILES string of the molecule is CCCCCCCCCCC(C(=O)O)N1CCN(C)CC1. The standard InChI is InChI=1S/C17H34N2O2/c1-3-4-5-6-7-8-9-10-11-16(17(20)21)19-14-12-18(2)13-15-19/h16H,3-15H2,1-2H3,(H,20,21). The Balaban J connectivity index is 2.13. The second-order valence-electron chi connectivity index (χ2n) is 6.46. The monoisotopic (exact) mass is 298 g/mol. The Morgan fingerprint density at radius 3 is 2.00 bits per heavy atom. The topological polar surface area (TPSA) is 43.8 Å². The maximum Gasteiger partial charge on any atom is 0.320 e. The quantitative estimate of drug-likeness (QED) is 0.595. The Morgan fingerprint density at radius 2 is 1.48 bits per heavy atom. The molecule has 1 unspecified atom stereocenters. The van der Waals surface area contributed by atoms with Gasteiger partial charge in [0.1, 0.15) is 6.04 Å². The van der Waals surface area contributed by atoms with Crippen LogP contribution < -0.4 is 0 Å². The van der Waals surface area contributed by atoms with Crippen LogP contribution in [-0.4, -0.2) is 60.1 Å². The number of hydrogen-bond acceptors (Lipinski definition) is 3. The molecule has 0 aromatic carbocycles. The molecule has 1 aliphatic heterocycles. The first kappa shape index (κ1) is 18.4. The Labute approximate surface area is 130 Å². The van der Waals surface area contributed by atoms with Gasteiger partial charge in [-0.15, -0.1) is 0 Å². The number of carbonyl (C=O) groups is 1. The number of nitrogens with zero attached hydrogens (tertiary/aromatic N) is 2. The number of piperazine rings is 1. The molecule has 0 saturated carbocycles. The van der Waals surface area contributed by atoms with Gasteiger partial charge in [0.25, 0.3) is 0 Å². The van der Waals surface area contributed by atoms with Gasteiger partial charge < -0.3 is 10.0 Å². The van der Waals surface area contributed by atoms with Crippen LogP contribution in [0.15, 0.2) is 0 Å². The summed E-state index contributed by atoms with van der Waals surface area (Å²) in [7, 11) is 2.10. The van der Waals surface area contributed by atoms with Crippen molar-refractivity contribution in [1.29, 1.82) is 0 Å². The van der Waals surface area contributed by atoms with Crippen molar-refractivity contribution in [2.24, 2.45) is 0 Å². The highest BCUT2D eigenvalue weighted by atomic mass is 16.4.